The molecule has 108 valence electrons. The smallest absolute Gasteiger partial charge is 0.102 e. The maximum Gasteiger partial charge on any atom is 0.102 e. The van der Waals surface area contributed by atoms with E-state index in [-0.39, 0.29) is 17.6 Å². The van der Waals surface area contributed by atoms with E-state index in [1.165, 1.54) is 11.1 Å². The van der Waals surface area contributed by atoms with E-state index in [0.29, 0.717) is 6.54 Å². The lowest BCUT2D eigenvalue weighted by Gasteiger charge is -2.35. The van der Waals surface area contributed by atoms with Crippen molar-refractivity contribution >= 4 is 0 Å². The summed E-state index contributed by atoms with van der Waals surface area (Å²) in [6.45, 7) is 14.0. The topological polar surface area (TPSA) is 3.24 Å². The molecule has 0 radical (unpaired) electrons. The lowest BCUT2D eigenvalue weighted by molar-refractivity contribution is 0.117. The Morgan fingerprint density at radius 3 is 1.84 bits per heavy atom. The second-order valence-electron chi connectivity index (χ2n) is 7.23. The summed E-state index contributed by atoms with van der Waals surface area (Å²) in [6.07, 6.45) is 0. The van der Waals surface area contributed by atoms with Crippen LogP contribution in [0, 0.1) is 0 Å². The van der Waals surface area contributed by atoms with Crippen LogP contribution in [0.1, 0.15) is 52.7 Å². The number of rotatable bonds is 4. The van der Waals surface area contributed by atoms with Gasteiger partial charge in [-0.1, -0.05) is 45.0 Å². The third-order valence-electron chi connectivity index (χ3n) is 3.50. The van der Waals surface area contributed by atoms with Gasteiger partial charge in [0.1, 0.15) is 6.67 Å². The summed E-state index contributed by atoms with van der Waals surface area (Å²) < 4.78 is 12.7. The van der Waals surface area contributed by atoms with Crippen LogP contribution in [0.3, 0.4) is 0 Å². The average molecular weight is 265 g/mol. The highest BCUT2D eigenvalue weighted by Crippen LogP contribution is 2.23. The van der Waals surface area contributed by atoms with Gasteiger partial charge in [-0.15, -0.1) is 0 Å². The zero-order valence-corrected chi connectivity index (χ0v) is 13.3. The summed E-state index contributed by atoms with van der Waals surface area (Å²) in [5.74, 6) is 0. The van der Waals surface area contributed by atoms with Crippen LogP contribution < -0.4 is 0 Å². The van der Waals surface area contributed by atoms with Crippen molar-refractivity contribution in [3.05, 3.63) is 35.4 Å². The molecule has 0 aliphatic carbocycles. The molecule has 0 aromatic heterocycles. The van der Waals surface area contributed by atoms with Crippen molar-refractivity contribution in [2.45, 2.75) is 59.0 Å². The summed E-state index contributed by atoms with van der Waals surface area (Å²) in [7, 11) is 0. The van der Waals surface area contributed by atoms with Crippen molar-refractivity contribution in [3.63, 3.8) is 0 Å². The van der Waals surface area contributed by atoms with E-state index >= 15 is 0 Å². The first kappa shape index (κ1) is 16.2. The highest BCUT2D eigenvalue weighted by molar-refractivity contribution is 5.27. The van der Waals surface area contributed by atoms with Crippen molar-refractivity contribution < 1.29 is 4.39 Å². The maximum atomic E-state index is 12.7. The molecule has 0 saturated carbocycles. The molecular weight excluding hydrogens is 237 g/mol. The van der Waals surface area contributed by atoms with Crippen LogP contribution in [0.4, 0.5) is 4.39 Å². The Balaban J connectivity index is 2.81. The van der Waals surface area contributed by atoms with Gasteiger partial charge in [0.2, 0.25) is 0 Å². The number of hydrogen-bond acceptors (Lipinski definition) is 1. The summed E-state index contributed by atoms with van der Waals surface area (Å²) >= 11 is 0. The van der Waals surface area contributed by atoms with Gasteiger partial charge >= 0.3 is 0 Å². The Hall–Kier alpha value is -0.890. The van der Waals surface area contributed by atoms with E-state index in [0.717, 1.165) is 6.54 Å². The molecule has 0 atom stereocenters. The third-order valence-corrected chi connectivity index (χ3v) is 3.50. The van der Waals surface area contributed by atoms with E-state index in [4.69, 9.17) is 0 Å². The molecular formula is C17H28FN. The highest BCUT2D eigenvalue weighted by Gasteiger charge is 2.21. The minimum atomic E-state index is -0.294. The monoisotopic (exact) mass is 265 g/mol. The summed E-state index contributed by atoms with van der Waals surface area (Å²) in [4.78, 5) is 2.18. The fraction of sp³-hybridized carbons (Fsp3) is 0.647. The molecule has 0 spiro atoms. The Morgan fingerprint density at radius 1 is 0.947 bits per heavy atom. The van der Waals surface area contributed by atoms with Crippen LogP contribution in [0.2, 0.25) is 0 Å². The second-order valence-corrected chi connectivity index (χ2v) is 7.23. The van der Waals surface area contributed by atoms with Gasteiger partial charge in [0, 0.05) is 18.6 Å². The van der Waals surface area contributed by atoms with Gasteiger partial charge in [0.25, 0.3) is 0 Å². The highest BCUT2D eigenvalue weighted by atomic mass is 19.1. The fourth-order valence-corrected chi connectivity index (χ4v) is 2.08. The lowest BCUT2D eigenvalue weighted by atomic mass is 9.86. The molecule has 0 fully saturated rings. The van der Waals surface area contributed by atoms with Gasteiger partial charge in [0.15, 0.2) is 0 Å². The van der Waals surface area contributed by atoms with Crippen LogP contribution in [0.15, 0.2) is 24.3 Å². The van der Waals surface area contributed by atoms with Crippen molar-refractivity contribution in [3.8, 4) is 0 Å². The van der Waals surface area contributed by atoms with Crippen LogP contribution in [-0.4, -0.2) is 23.7 Å². The second kappa shape index (κ2) is 6.04. The number of nitrogens with zero attached hydrogens (tertiary/aromatic N) is 1. The first-order valence-corrected chi connectivity index (χ1v) is 7.05. The molecule has 19 heavy (non-hydrogen) atoms. The minimum Gasteiger partial charge on any atom is -0.292 e. The van der Waals surface area contributed by atoms with Crippen LogP contribution in [-0.2, 0) is 12.0 Å². The molecule has 1 rings (SSSR count). The Bertz CT molecular complexity index is 381. The number of benzene rings is 1. The molecule has 0 aliphatic rings. The van der Waals surface area contributed by atoms with Crippen molar-refractivity contribution in [1.29, 1.82) is 0 Å². The molecule has 1 nitrogen and oxygen atoms in total. The first-order valence-electron chi connectivity index (χ1n) is 7.05. The molecule has 1 aromatic carbocycles. The van der Waals surface area contributed by atoms with Crippen LogP contribution in [0.5, 0.6) is 0 Å². The SMILES string of the molecule is CC(C)(C)c1ccc(CN(CCF)C(C)(C)C)cc1. The van der Waals surface area contributed by atoms with Crippen molar-refractivity contribution in [2.75, 3.05) is 13.2 Å². The van der Waals surface area contributed by atoms with Crippen LogP contribution in [0.25, 0.3) is 0 Å². The molecule has 0 bridgehead atoms. The minimum absolute atomic E-state index is 0.00517. The molecule has 0 heterocycles. The zero-order valence-electron chi connectivity index (χ0n) is 13.3. The predicted octanol–water partition coefficient (Wildman–Crippen LogP) is 4.55. The fourth-order valence-electron chi connectivity index (χ4n) is 2.08. The molecule has 0 saturated heterocycles. The quantitative estimate of drug-likeness (QED) is 0.771. The van der Waals surface area contributed by atoms with E-state index < -0.39 is 0 Å². The van der Waals surface area contributed by atoms with Crippen LogP contribution >= 0.6 is 0 Å². The predicted molar refractivity (Wildman–Crippen MR) is 81.3 cm³/mol. The number of halogens is 1. The Morgan fingerprint density at radius 2 is 1.47 bits per heavy atom. The van der Waals surface area contributed by atoms with Gasteiger partial charge < -0.3 is 0 Å². The van der Waals surface area contributed by atoms with E-state index in [9.17, 15) is 4.39 Å². The third kappa shape index (κ3) is 4.94. The Kier molecular flexibility index (Phi) is 5.14. The lowest BCUT2D eigenvalue weighted by Crippen LogP contribution is -2.42. The standard InChI is InChI=1S/C17H28FN/c1-16(2,3)15-9-7-14(8-10-15)13-19(12-11-18)17(4,5)6/h7-10H,11-13H2,1-6H3. The van der Waals surface area contributed by atoms with E-state index in [1.54, 1.807) is 0 Å². The molecule has 0 amide bonds. The average Bonchev–Trinajstić information content (AvgIpc) is 2.26. The number of alkyl halides is 1. The number of hydrogen-bond donors (Lipinski definition) is 0. The summed E-state index contributed by atoms with van der Waals surface area (Å²) in [5, 5.41) is 0. The van der Waals surface area contributed by atoms with Gasteiger partial charge in [0.05, 0.1) is 0 Å². The first-order chi connectivity index (χ1) is 8.64. The maximum absolute atomic E-state index is 12.7. The van der Waals surface area contributed by atoms with Gasteiger partial charge in [-0.25, -0.2) is 4.39 Å². The molecule has 0 unspecified atom stereocenters. The largest absolute Gasteiger partial charge is 0.292 e. The summed E-state index contributed by atoms with van der Waals surface area (Å²) in [5.41, 5.74) is 2.76. The molecule has 1 aromatic rings. The molecule has 0 N–H and O–H groups in total. The molecule has 2 heteroatoms. The van der Waals surface area contributed by atoms with Gasteiger partial charge in [-0.2, -0.15) is 0 Å². The van der Waals surface area contributed by atoms with E-state index in [2.05, 4.69) is 70.7 Å². The van der Waals surface area contributed by atoms with Crippen molar-refractivity contribution in [2.24, 2.45) is 0 Å². The van der Waals surface area contributed by atoms with Crippen molar-refractivity contribution in [1.82, 2.24) is 4.90 Å². The zero-order chi connectivity index (χ0) is 14.7. The van der Waals surface area contributed by atoms with Gasteiger partial charge in [-0.05, 0) is 37.3 Å². The Labute approximate surface area is 117 Å². The summed E-state index contributed by atoms with van der Waals surface area (Å²) in [6, 6.07) is 8.70. The normalized spacial score (nSPS) is 13.1. The van der Waals surface area contributed by atoms with E-state index in [1.807, 2.05) is 0 Å². The van der Waals surface area contributed by atoms with Gasteiger partial charge in [-0.3, -0.25) is 4.90 Å². The molecule has 0 aliphatic heterocycles.